The number of carbonyl (C=O) groups is 1. The van der Waals surface area contributed by atoms with E-state index in [9.17, 15) is 4.79 Å². The third-order valence-corrected chi connectivity index (χ3v) is 4.00. The summed E-state index contributed by atoms with van der Waals surface area (Å²) in [6, 6.07) is 8.76. The maximum absolute atomic E-state index is 12.4. The molecule has 124 valence electrons. The van der Waals surface area contributed by atoms with Crippen molar-refractivity contribution in [2.75, 3.05) is 32.8 Å². The number of amides is 1. The second-order valence-electron chi connectivity index (χ2n) is 5.35. The summed E-state index contributed by atoms with van der Waals surface area (Å²) in [5.74, 6) is 0.189. The van der Waals surface area contributed by atoms with Crippen molar-refractivity contribution in [2.24, 2.45) is 0 Å². The van der Waals surface area contributed by atoms with Crippen molar-refractivity contribution in [1.29, 1.82) is 0 Å². The third kappa shape index (κ3) is 4.97. The predicted molar refractivity (Wildman–Crippen MR) is 91.5 cm³/mol. The molecule has 1 saturated heterocycles. The van der Waals surface area contributed by atoms with Gasteiger partial charge in [0, 0.05) is 26.2 Å². The van der Waals surface area contributed by atoms with E-state index in [1.54, 1.807) is 0 Å². The first kappa shape index (κ1) is 18.9. The molecule has 1 fully saturated rings. The lowest BCUT2D eigenvalue weighted by Crippen LogP contribution is -2.48. The van der Waals surface area contributed by atoms with Gasteiger partial charge in [-0.05, 0) is 24.5 Å². The molecule has 0 spiro atoms. The number of nitrogens with one attached hydrogen (secondary N) is 1. The number of hydrogen-bond acceptors (Lipinski definition) is 3. The van der Waals surface area contributed by atoms with Gasteiger partial charge in [-0.3, -0.25) is 4.79 Å². The molecular formula is C17H27ClN2O2. The smallest absolute Gasteiger partial charge is 0.225 e. The fraction of sp³-hybridized carbons (Fsp3) is 0.588. The van der Waals surface area contributed by atoms with Gasteiger partial charge in [-0.2, -0.15) is 0 Å². The molecule has 1 amide bonds. The van der Waals surface area contributed by atoms with Crippen molar-refractivity contribution in [1.82, 2.24) is 10.2 Å². The summed E-state index contributed by atoms with van der Waals surface area (Å²) in [6.45, 7) is 7.74. The van der Waals surface area contributed by atoms with Crippen LogP contribution in [-0.2, 0) is 16.0 Å². The van der Waals surface area contributed by atoms with E-state index >= 15 is 0 Å². The second kappa shape index (κ2) is 9.82. The zero-order chi connectivity index (χ0) is 15.1. The van der Waals surface area contributed by atoms with Gasteiger partial charge in [-0.15, -0.1) is 12.4 Å². The Morgan fingerprint density at radius 1 is 1.32 bits per heavy atom. The molecule has 0 aliphatic carbocycles. The summed E-state index contributed by atoms with van der Waals surface area (Å²) in [5, 5.41) is 3.39. The van der Waals surface area contributed by atoms with Crippen molar-refractivity contribution in [3.05, 3.63) is 35.4 Å². The van der Waals surface area contributed by atoms with Gasteiger partial charge in [0.1, 0.15) is 0 Å². The summed E-state index contributed by atoms with van der Waals surface area (Å²) in [6.07, 6.45) is 1.51. The fourth-order valence-electron chi connectivity index (χ4n) is 2.72. The SMILES string of the molecule is CCOCCC(=O)N1CCNCC1c1ccc(CC)cc1.Cl. The highest BCUT2D eigenvalue weighted by Crippen LogP contribution is 2.23. The quantitative estimate of drug-likeness (QED) is 0.817. The first-order chi connectivity index (χ1) is 10.3. The fourth-order valence-corrected chi connectivity index (χ4v) is 2.72. The van der Waals surface area contributed by atoms with E-state index in [1.807, 2.05) is 11.8 Å². The molecule has 0 radical (unpaired) electrons. The monoisotopic (exact) mass is 326 g/mol. The Labute approximate surface area is 139 Å². The van der Waals surface area contributed by atoms with E-state index in [-0.39, 0.29) is 24.4 Å². The van der Waals surface area contributed by atoms with E-state index in [0.29, 0.717) is 19.6 Å². The summed E-state index contributed by atoms with van der Waals surface area (Å²) in [5.41, 5.74) is 2.54. The van der Waals surface area contributed by atoms with Crippen LogP contribution in [0.3, 0.4) is 0 Å². The predicted octanol–water partition coefficient (Wildman–Crippen LogP) is 2.57. The molecule has 1 aromatic carbocycles. The van der Waals surface area contributed by atoms with Crippen LogP contribution in [-0.4, -0.2) is 43.7 Å². The van der Waals surface area contributed by atoms with E-state index in [2.05, 4.69) is 36.5 Å². The van der Waals surface area contributed by atoms with Gasteiger partial charge >= 0.3 is 0 Å². The normalized spacial score (nSPS) is 17.9. The Balaban J connectivity index is 0.00000242. The molecule has 0 saturated carbocycles. The average molecular weight is 327 g/mol. The molecule has 4 nitrogen and oxygen atoms in total. The van der Waals surface area contributed by atoms with Crippen molar-refractivity contribution in [3.63, 3.8) is 0 Å². The zero-order valence-electron chi connectivity index (χ0n) is 13.5. The lowest BCUT2D eigenvalue weighted by Gasteiger charge is -2.36. The van der Waals surface area contributed by atoms with Crippen molar-refractivity contribution >= 4 is 18.3 Å². The number of ether oxygens (including phenoxy) is 1. The molecule has 1 heterocycles. The Kier molecular flexibility index (Phi) is 8.46. The number of benzene rings is 1. The van der Waals surface area contributed by atoms with E-state index in [1.165, 1.54) is 11.1 Å². The van der Waals surface area contributed by atoms with Crippen LogP contribution in [0.25, 0.3) is 0 Å². The topological polar surface area (TPSA) is 41.6 Å². The summed E-state index contributed by atoms with van der Waals surface area (Å²) >= 11 is 0. The largest absolute Gasteiger partial charge is 0.381 e. The second-order valence-corrected chi connectivity index (χ2v) is 5.35. The highest BCUT2D eigenvalue weighted by Gasteiger charge is 2.27. The van der Waals surface area contributed by atoms with Crippen molar-refractivity contribution < 1.29 is 9.53 Å². The Morgan fingerprint density at radius 2 is 2.05 bits per heavy atom. The lowest BCUT2D eigenvalue weighted by atomic mass is 10.0. The van der Waals surface area contributed by atoms with Gasteiger partial charge < -0.3 is 15.0 Å². The van der Waals surface area contributed by atoms with Crippen LogP contribution >= 0.6 is 12.4 Å². The Hall–Kier alpha value is -1.10. The molecule has 1 aliphatic rings. The van der Waals surface area contributed by atoms with Crippen LogP contribution in [0.1, 0.15) is 37.4 Å². The van der Waals surface area contributed by atoms with Crippen LogP contribution in [0.4, 0.5) is 0 Å². The van der Waals surface area contributed by atoms with Gasteiger partial charge in [-0.25, -0.2) is 0 Å². The molecule has 1 atom stereocenters. The van der Waals surface area contributed by atoms with E-state index < -0.39 is 0 Å². The molecule has 1 aliphatic heterocycles. The minimum atomic E-state index is 0. The van der Waals surface area contributed by atoms with Gasteiger partial charge in [0.15, 0.2) is 0 Å². The first-order valence-corrected chi connectivity index (χ1v) is 7.93. The van der Waals surface area contributed by atoms with Gasteiger partial charge in [0.05, 0.1) is 19.1 Å². The average Bonchev–Trinajstić information content (AvgIpc) is 2.55. The van der Waals surface area contributed by atoms with Crippen LogP contribution in [0.15, 0.2) is 24.3 Å². The number of hydrogen-bond donors (Lipinski definition) is 1. The molecular weight excluding hydrogens is 300 g/mol. The first-order valence-electron chi connectivity index (χ1n) is 7.93. The molecule has 1 unspecified atom stereocenters. The van der Waals surface area contributed by atoms with Crippen LogP contribution in [0, 0.1) is 0 Å². The van der Waals surface area contributed by atoms with Crippen LogP contribution in [0.2, 0.25) is 0 Å². The minimum absolute atomic E-state index is 0. The molecule has 22 heavy (non-hydrogen) atoms. The maximum Gasteiger partial charge on any atom is 0.225 e. The number of aryl methyl sites for hydroxylation is 1. The molecule has 2 rings (SSSR count). The highest BCUT2D eigenvalue weighted by atomic mass is 35.5. The summed E-state index contributed by atoms with van der Waals surface area (Å²) < 4.78 is 5.30. The number of carbonyl (C=O) groups excluding carboxylic acids is 1. The zero-order valence-corrected chi connectivity index (χ0v) is 14.3. The van der Waals surface area contributed by atoms with E-state index in [0.717, 1.165) is 26.1 Å². The van der Waals surface area contributed by atoms with Gasteiger partial charge in [0.25, 0.3) is 0 Å². The lowest BCUT2D eigenvalue weighted by molar-refractivity contribution is -0.135. The molecule has 1 aromatic rings. The summed E-state index contributed by atoms with van der Waals surface area (Å²) in [4.78, 5) is 14.4. The Bertz CT molecular complexity index is 450. The van der Waals surface area contributed by atoms with Gasteiger partial charge in [-0.1, -0.05) is 31.2 Å². The number of nitrogens with zero attached hydrogens (tertiary/aromatic N) is 1. The van der Waals surface area contributed by atoms with Crippen molar-refractivity contribution in [3.8, 4) is 0 Å². The van der Waals surface area contributed by atoms with E-state index in [4.69, 9.17) is 4.74 Å². The third-order valence-electron chi connectivity index (χ3n) is 4.00. The molecule has 1 N–H and O–H groups in total. The standard InChI is InChI=1S/C17H26N2O2.ClH/c1-3-14-5-7-15(8-6-14)16-13-18-10-11-19(16)17(20)9-12-21-4-2;/h5-8,16,18H,3-4,9-13H2,1-2H3;1H. The van der Waals surface area contributed by atoms with Gasteiger partial charge in [0.2, 0.25) is 5.91 Å². The van der Waals surface area contributed by atoms with Crippen molar-refractivity contribution in [2.45, 2.75) is 32.7 Å². The maximum atomic E-state index is 12.4. The minimum Gasteiger partial charge on any atom is -0.381 e. The number of halogens is 1. The van der Waals surface area contributed by atoms with Crippen LogP contribution in [0.5, 0.6) is 0 Å². The molecule has 0 bridgehead atoms. The Morgan fingerprint density at radius 3 is 2.68 bits per heavy atom. The highest BCUT2D eigenvalue weighted by molar-refractivity contribution is 5.85. The number of rotatable bonds is 6. The van der Waals surface area contributed by atoms with Crippen LogP contribution < -0.4 is 5.32 Å². The molecule has 0 aromatic heterocycles. The summed E-state index contributed by atoms with van der Waals surface area (Å²) in [7, 11) is 0. The number of piperazine rings is 1. The molecule has 5 heteroatoms.